The number of furan rings is 1. The molecule has 0 saturated heterocycles. The summed E-state index contributed by atoms with van der Waals surface area (Å²) in [7, 11) is 7.05. The summed E-state index contributed by atoms with van der Waals surface area (Å²) in [6.07, 6.45) is 0.823. The normalized spacial score (nSPS) is 11.4. The lowest BCUT2D eigenvalue weighted by molar-refractivity contribution is -0.127. The number of amides is 1. The molecule has 164 valence electrons. The van der Waals surface area contributed by atoms with E-state index < -0.39 is 0 Å². The van der Waals surface area contributed by atoms with E-state index in [4.69, 9.17) is 9.15 Å². The number of carbonyl (C=O) groups excluding carboxylic acids is 1. The van der Waals surface area contributed by atoms with Gasteiger partial charge in [0.05, 0.1) is 13.7 Å². The van der Waals surface area contributed by atoms with Gasteiger partial charge in [-0.1, -0.05) is 30.3 Å². The zero-order valence-corrected chi connectivity index (χ0v) is 18.6. The van der Waals surface area contributed by atoms with Crippen LogP contribution in [-0.2, 0) is 17.8 Å². The van der Waals surface area contributed by atoms with Crippen molar-refractivity contribution in [2.45, 2.75) is 13.0 Å². The molecule has 0 spiro atoms. The molecule has 0 saturated carbocycles. The monoisotopic (exact) mass is 422 g/mol. The van der Waals surface area contributed by atoms with Gasteiger partial charge in [0.1, 0.15) is 23.6 Å². The predicted molar refractivity (Wildman–Crippen MR) is 123 cm³/mol. The minimum atomic E-state index is -0.0495. The molecule has 1 heterocycles. The van der Waals surface area contributed by atoms with E-state index in [0.717, 1.165) is 28.9 Å². The second-order valence-corrected chi connectivity index (χ2v) is 7.56. The average Bonchev–Trinajstić information content (AvgIpc) is 3.18. The summed E-state index contributed by atoms with van der Waals surface area (Å²) in [6.45, 7) is 1.31. The smallest absolute Gasteiger partial charge is 0.243 e. The van der Waals surface area contributed by atoms with Gasteiger partial charge < -0.3 is 24.3 Å². The number of para-hydroxylation sites is 1. The van der Waals surface area contributed by atoms with Crippen LogP contribution in [0, 0.1) is 0 Å². The lowest BCUT2D eigenvalue weighted by Crippen LogP contribution is -2.40. The number of likely N-dealkylation sites (N-methyl/N-ethyl adjacent to an activating group) is 1. The van der Waals surface area contributed by atoms with E-state index in [1.807, 2.05) is 66.5 Å². The fourth-order valence-corrected chi connectivity index (χ4v) is 3.13. The Kier molecular flexibility index (Phi) is 7.54. The Labute approximate surface area is 183 Å². The molecule has 1 N–H and O–H groups in total. The molecule has 0 fully saturated rings. The molecule has 0 aliphatic carbocycles. The number of hydrogen-bond donors (Lipinski definition) is 1. The molecule has 2 aromatic carbocycles. The third-order valence-electron chi connectivity index (χ3n) is 4.95. The lowest BCUT2D eigenvalue weighted by Gasteiger charge is -2.22. The fourth-order valence-electron chi connectivity index (χ4n) is 3.13. The van der Waals surface area contributed by atoms with E-state index in [0.29, 0.717) is 19.0 Å². The first-order valence-electron chi connectivity index (χ1n) is 10.3. The molecule has 7 heteroatoms. The molecule has 7 nitrogen and oxygen atoms in total. The fraction of sp³-hybridized carbons (Fsp3) is 0.333. The van der Waals surface area contributed by atoms with Crippen molar-refractivity contribution in [2.24, 2.45) is 4.99 Å². The van der Waals surface area contributed by atoms with E-state index in [2.05, 4.69) is 10.3 Å². The lowest BCUT2D eigenvalue weighted by atomic mass is 10.1. The van der Waals surface area contributed by atoms with Gasteiger partial charge in [0.15, 0.2) is 5.96 Å². The maximum Gasteiger partial charge on any atom is 0.243 e. The second kappa shape index (κ2) is 10.5. The largest absolute Gasteiger partial charge is 0.497 e. The van der Waals surface area contributed by atoms with Crippen LogP contribution in [0.4, 0.5) is 0 Å². The highest BCUT2D eigenvalue weighted by molar-refractivity contribution is 5.85. The molecule has 0 unspecified atom stereocenters. The van der Waals surface area contributed by atoms with Crippen molar-refractivity contribution in [3.63, 3.8) is 0 Å². The summed E-state index contributed by atoms with van der Waals surface area (Å²) in [6, 6.07) is 18.0. The molecule has 0 bridgehead atoms. The quantitative estimate of drug-likeness (QED) is 0.446. The maximum atomic E-state index is 12.0. The van der Waals surface area contributed by atoms with Crippen molar-refractivity contribution in [1.29, 1.82) is 0 Å². The molecule has 0 aliphatic rings. The summed E-state index contributed by atoms with van der Waals surface area (Å²) in [5.74, 6) is 2.29. The first-order chi connectivity index (χ1) is 15.0. The Hall–Kier alpha value is -3.48. The summed E-state index contributed by atoms with van der Waals surface area (Å²) in [5.41, 5.74) is 2.05. The molecule has 0 radical (unpaired) electrons. The Morgan fingerprint density at radius 2 is 1.84 bits per heavy atom. The number of rotatable bonds is 8. The molecular formula is C24H30N4O3. The minimum absolute atomic E-state index is 0.0495. The minimum Gasteiger partial charge on any atom is -0.497 e. The number of carbonyl (C=O) groups is 1. The van der Waals surface area contributed by atoms with Gasteiger partial charge in [-0.3, -0.25) is 4.79 Å². The zero-order chi connectivity index (χ0) is 22.2. The third-order valence-corrected chi connectivity index (χ3v) is 4.95. The number of fused-ring (bicyclic) bond motifs is 1. The molecule has 0 atom stereocenters. The van der Waals surface area contributed by atoms with Gasteiger partial charge in [-0.2, -0.15) is 0 Å². The van der Waals surface area contributed by atoms with Gasteiger partial charge in [0.25, 0.3) is 0 Å². The van der Waals surface area contributed by atoms with Crippen LogP contribution in [0.2, 0.25) is 0 Å². The Bertz CT molecular complexity index is 992. The summed E-state index contributed by atoms with van der Waals surface area (Å²) < 4.78 is 11.1. The standard InChI is InChI=1S/C24H30N4O3/c1-27(2)23(29)16-26-24(25-14-13-18-9-11-20(30-4)12-10-18)28(3)17-21-15-19-7-5-6-8-22(19)31-21/h5-12,15H,13-14,16-17H2,1-4H3,(H,25,26). The van der Waals surface area contributed by atoms with Gasteiger partial charge in [-0.25, -0.2) is 4.99 Å². The van der Waals surface area contributed by atoms with Crippen molar-refractivity contribution in [3.8, 4) is 5.75 Å². The van der Waals surface area contributed by atoms with Crippen molar-refractivity contribution in [2.75, 3.05) is 41.3 Å². The Morgan fingerprint density at radius 3 is 2.52 bits per heavy atom. The molecule has 3 rings (SSSR count). The summed E-state index contributed by atoms with van der Waals surface area (Å²) in [5, 5.41) is 4.45. The number of aliphatic imine (C=N–C) groups is 1. The number of ether oxygens (including phenoxy) is 1. The van der Waals surface area contributed by atoms with Gasteiger partial charge in [0, 0.05) is 33.1 Å². The highest BCUT2D eigenvalue weighted by Crippen LogP contribution is 2.19. The third kappa shape index (κ3) is 6.25. The second-order valence-electron chi connectivity index (χ2n) is 7.56. The molecule has 1 aromatic heterocycles. The van der Waals surface area contributed by atoms with Crippen LogP contribution in [0.15, 0.2) is 64.0 Å². The van der Waals surface area contributed by atoms with Gasteiger partial charge in [0.2, 0.25) is 5.91 Å². The van der Waals surface area contributed by atoms with Crippen molar-refractivity contribution >= 4 is 22.8 Å². The van der Waals surface area contributed by atoms with Gasteiger partial charge >= 0.3 is 0 Å². The molecule has 3 aromatic rings. The Balaban J connectivity index is 1.66. The highest BCUT2D eigenvalue weighted by atomic mass is 16.5. The average molecular weight is 423 g/mol. The van der Waals surface area contributed by atoms with Crippen LogP contribution >= 0.6 is 0 Å². The van der Waals surface area contributed by atoms with Crippen LogP contribution in [0.5, 0.6) is 5.75 Å². The maximum absolute atomic E-state index is 12.0. The number of hydrogen-bond acceptors (Lipinski definition) is 4. The molecular weight excluding hydrogens is 392 g/mol. The first kappa shape index (κ1) is 22.2. The SMILES string of the molecule is COc1ccc(CCNC(=NCC(=O)N(C)C)N(C)Cc2cc3ccccc3o2)cc1. The number of nitrogens with zero attached hydrogens (tertiary/aromatic N) is 3. The van der Waals surface area contributed by atoms with Crippen molar-refractivity contribution in [3.05, 3.63) is 65.9 Å². The zero-order valence-electron chi connectivity index (χ0n) is 18.6. The van der Waals surface area contributed by atoms with Crippen molar-refractivity contribution in [1.82, 2.24) is 15.1 Å². The highest BCUT2D eigenvalue weighted by Gasteiger charge is 2.12. The topological polar surface area (TPSA) is 70.3 Å². The molecule has 1 amide bonds. The number of guanidine groups is 1. The van der Waals surface area contributed by atoms with E-state index in [1.54, 1.807) is 21.2 Å². The van der Waals surface area contributed by atoms with E-state index in [1.165, 1.54) is 10.5 Å². The number of methoxy groups -OCH3 is 1. The molecule has 31 heavy (non-hydrogen) atoms. The van der Waals surface area contributed by atoms with Crippen LogP contribution < -0.4 is 10.1 Å². The summed E-state index contributed by atoms with van der Waals surface area (Å²) in [4.78, 5) is 20.1. The first-order valence-corrected chi connectivity index (χ1v) is 10.3. The molecule has 0 aliphatic heterocycles. The van der Waals surface area contributed by atoms with E-state index >= 15 is 0 Å². The predicted octanol–water partition coefficient (Wildman–Crippen LogP) is 3.15. The van der Waals surface area contributed by atoms with Gasteiger partial charge in [-0.05, 0) is 36.2 Å². The Morgan fingerprint density at radius 1 is 1.10 bits per heavy atom. The summed E-state index contributed by atoms with van der Waals surface area (Å²) >= 11 is 0. The van der Waals surface area contributed by atoms with Crippen LogP contribution in [0.1, 0.15) is 11.3 Å². The van der Waals surface area contributed by atoms with E-state index in [9.17, 15) is 4.79 Å². The van der Waals surface area contributed by atoms with Gasteiger partial charge in [-0.15, -0.1) is 0 Å². The van der Waals surface area contributed by atoms with Crippen LogP contribution in [0.25, 0.3) is 11.0 Å². The van der Waals surface area contributed by atoms with Crippen LogP contribution in [0.3, 0.4) is 0 Å². The van der Waals surface area contributed by atoms with Crippen LogP contribution in [-0.4, -0.2) is 63.0 Å². The van der Waals surface area contributed by atoms with Crippen molar-refractivity contribution < 1.29 is 13.9 Å². The van der Waals surface area contributed by atoms with E-state index in [-0.39, 0.29) is 12.5 Å². The number of nitrogens with one attached hydrogen (secondary N) is 1. The number of benzene rings is 2.